The molecule has 0 bridgehead atoms. The van der Waals surface area contributed by atoms with Gasteiger partial charge in [-0.05, 0) is 12.8 Å². The van der Waals surface area contributed by atoms with Crippen LogP contribution >= 0.6 is 0 Å². The smallest absolute Gasteiger partial charge is 0.260 e. The van der Waals surface area contributed by atoms with E-state index in [1.54, 1.807) is 7.05 Å². The fraction of sp³-hybridized carbons (Fsp3) is 0.700. The third-order valence-electron chi connectivity index (χ3n) is 2.99. The van der Waals surface area contributed by atoms with Crippen LogP contribution < -0.4 is 5.73 Å². The highest BCUT2D eigenvalue weighted by molar-refractivity contribution is 7.89. The Morgan fingerprint density at radius 2 is 2.06 bits per heavy atom. The van der Waals surface area contributed by atoms with Crippen molar-refractivity contribution in [3.8, 4) is 0 Å². The van der Waals surface area contributed by atoms with Gasteiger partial charge in [-0.3, -0.25) is 5.10 Å². The predicted octanol–water partition coefficient (Wildman–Crippen LogP) is 0.678. The van der Waals surface area contributed by atoms with E-state index in [0.717, 1.165) is 12.8 Å². The fourth-order valence-corrected chi connectivity index (χ4v) is 3.43. The Morgan fingerprint density at radius 1 is 1.47 bits per heavy atom. The quantitative estimate of drug-likeness (QED) is 0.786. The van der Waals surface area contributed by atoms with Crippen LogP contribution in [0.25, 0.3) is 0 Å². The molecule has 6 nitrogen and oxygen atoms in total. The Kier molecular flexibility index (Phi) is 4.67. The van der Waals surface area contributed by atoms with E-state index in [9.17, 15) is 8.42 Å². The number of aromatic amines is 1. The lowest BCUT2D eigenvalue weighted by Gasteiger charge is -2.25. The Labute approximate surface area is 102 Å². The normalized spacial score (nSPS) is 12.6. The van der Waals surface area contributed by atoms with Crippen molar-refractivity contribution in [1.82, 2.24) is 14.5 Å². The lowest BCUT2D eigenvalue weighted by molar-refractivity contribution is 0.348. The standard InChI is InChI=1S/C10H20N4O2S/c1-4-9(5-2)14(3)17(15,16)10-8(6-11)7-12-13-10/h7,9H,4-6,11H2,1-3H3,(H,12,13). The van der Waals surface area contributed by atoms with Gasteiger partial charge in [-0.15, -0.1) is 0 Å². The third-order valence-corrected chi connectivity index (χ3v) is 4.92. The molecule has 0 aliphatic carbocycles. The number of hydrogen-bond acceptors (Lipinski definition) is 4. The van der Waals surface area contributed by atoms with Gasteiger partial charge in [-0.25, -0.2) is 8.42 Å². The second-order valence-electron chi connectivity index (χ2n) is 3.92. The molecule has 98 valence electrons. The second kappa shape index (κ2) is 5.61. The number of aromatic nitrogens is 2. The molecule has 0 fully saturated rings. The number of sulfonamides is 1. The average molecular weight is 260 g/mol. The van der Waals surface area contributed by atoms with Crippen LogP contribution in [0.5, 0.6) is 0 Å². The summed E-state index contributed by atoms with van der Waals surface area (Å²) < 4.78 is 26.1. The van der Waals surface area contributed by atoms with Crippen molar-refractivity contribution in [2.75, 3.05) is 7.05 Å². The highest BCUT2D eigenvalue weighted by atomic mass is 32.2. The minimum atomic E-state index is -3.53. The molecule has 3 N–H and O–H groups in total. The Hall–Kier alpha value is -0.920. The highest BCUT2D eigenvalue weighted by Gasteiger charge is 2.29. The van der Waals surface area contributed by atoms with Gasteiger partial charge in [-0.2, -0.15) is 9.40 Å². The molecule has 0 unspecified atom stereocenters. The van der Waals surface area contributed by atoms with Gasteiger partial charge in [0.2, 0.25) is 0 Å². The monoisotopic (exact) mass is 260 g/mol. The van der Waals surface area contributed by atoms with Crippen molar-refractivity contribution >= 4 is 10.0 Å². The van der Waals surface area contributed by atoms with Crippen LogP contribution in [0.3, 0.4) is 0 Å². The first-order valence-corrected chi connectivity index (χ1v) is 7.13. The van der Waals surface area contributed by atoms with Crippen molar-refractivity contribution in [3.63, 3.8) is 0 Å². The van der Waals surface area contributed by atoms with Crippen LogP contribution in [0.15, 0.2) is 11.2 Å². The summed E-state index contributed by atoms with van der Waals surface area (Å²) in [6, 6.07) is -0.00563. The molecule has 1 aromatic heterocycles. The van der Waals surface area contributed by atoms with Gasteiger partial charge in [0.1, 0.15) is 0 Å². The fourth-order valence-electron chi connectivity index (χ4n) is 1.81. The van der Waals surface area contributed by atoms with E-state index < -0.39 is 10.0 Å². The Bertz CT molecular complexity index is 451. The number of hydrogen-bond donors (Lipinski definition) is 2. The first kappa shape index (κ1) is 14.1. The highest BCUT2D eigenvalue weighted by Crippen LogP contribution is 2.20. The van der Waals surface area contributed by atoms with Crippen LogP contribution in [0.4, 0.5) is 0 Å². The maximum absolute atomic E-state index is 12.3. The molecule has 1 aromatic rings. The first-order chi connectivity index (χ1) is 7.98. The number of nitrogens with two attached hydrogens (primary N) is 1. The number of H-pyrrole nitrogens is 1. The summed E-state index contributed by atoms with van der Waals surface area (Å²) >= 11 is 0. The number of nitrogens with zero attached hydrogens (tertiary/aromatic N) is 2. The zero-order valence-electron chi connectivity index (χ0n) is 10.5. The Balaban J connectivity index is 3.11. The van der Waals surface area contributed by atoms with Gasteiger partial charge in [0.05, 0.1) is 6.20 Å². The van der Waals surface area contributed by atoms with E-state index in [1.165, 1.54) is 10.5 Å². The van der Waals surface area contributed by atoms with E-state index in [1.807, 2.05) is 13.8 Å². The molecule has 0 aromatic carbocycles. The SMILES string of the molecule is CCC(CC)N(C)S(=O)(=O)c1[nH]ncc1CN. The molecule has 1 heterocycles. The van der Waals surface area contributed by atoms with Crippen LogP contribution in [0.2, 0.25) is 0 Å². The molecule has 1 rings (SSSR count). The molecule has 0 saturated heterocycles. The molecular formula is C10H20N4O2S. The summed E-state index contributed by atoms with van der Waals surface area (Å²) in [5.41, 5.74) is 6.01. The molecule has 7 heteroatoms. The van der Waals surface area contributed by atoms with Crippen molar-refractivity contribution in [1.29, 1.82) is 0 Å². The van der Waals surface area contributed by atoms with Gasteiger partial charge in [0.15, 0.2) is 5.03 Å². The molecular weight excluding hydrogens is 240 g/mol. The molecule has 0 amide bonds. The van der Waals surface area contributed by atoms with Crippen LogP contribution in [0.1, 0.15) is 32.3 Å². The summed E-state index contributed by atoms with van der Waals surface area (Å²) in [7, 11) is -1.94. The summed E-state index contributed by atoms with van der Waals surface area (Å²) in [5, 5.41) is 6.37. The maximum atomic E-state index is 12.3. The molecule has 0 radical (unpaired) electrons. The van der Waals surface area contributed by atoms with Gasteiger partial charge in [0, 0.05) is 25.2 Å². The summed E-state index contributed by atoms with van der Waals surface area (Å²) in [4.78, 5) is 0. The Morgan fingerprint density at radius 3 is 2.53 bits per heavy atom. The van der Waals surface area contributed by atoms with Crippen molar-refractivity contribution in [3.05, 3.63) is 11.8 Å². The number of nitrogens with one attached hydrogen (secondary N) is 1. The second-order valence-corrected chi connectivity index (χ2v) is 5.85. The molecule has 0 aliphatic rings. The largest absolute Gasteiger partial charge is 0.326 e. The first-order valence-electron chi connectivity index (χ1n) is 5.69. The lowest BCUT2D eigenvalue weighted by atomic mass is 10.2. The topological polar surface area (TPSA) is 92.1 Å². The third kappa shape index (κ3) is 2.67. The molecule has 0 aliphatic heterocycles. The van der Waals surface area contributed by atoms with Gasteiger partial charge in [-0.1, -0.05) is 13.8 Å². The molecule has 0 atom stereocenters. The van der Waals surface area contributed by atoms with Gasteiger partial charge >= 0.3 is 0 Å². The summed E-state index contributed by atoms with van der Waals surface area (Å²) in [5.74, 6) is 0. The van der Waals surface area contributed by atoms with Crippen LogP contribution in [-0.4, -0.2) is 36.0 Å². The van der Waals surface area contributed by atoms with Crippen LogP contribution in [-0.2, 0) is 16.6 Å². The van der Waals surface area contributed by atoms with Crippen LogP contribution in [0, 0.1) is 0 Å². The van der Waals surface area contributed by atoms with E-state index >= 15 is 0 Å². The van der Waals surface area contributed by atoms with E-state index in [2.05, 4.69) is 10.2 Å². The average Bonchev–Trinajstić information content (AvgIpc) is 2.79. The lowest BCUT2D eigenvalue weighted by Crippen LogP contribution is -2.37. The van der Waals surface area contributed by atoms with E-state index in [-0.39, 0.29) is 17.6 Å². The summed E-state index contributed by atoms with van der Waals surface area (Å²) in [6.07, 6.45) is 3.00. The zero-order chi connectivity index (χ0) is 13.1. The minimum Gasteiger partial charge on any atom is -0.326 e. The van der Waals surface area contributed by atoms with Crippen molar-refractivity contribution in [2.24, 2.45) is 5.73 Å². The molecule has 17 heavy (non-hydrogen) atoms. The predicted molar refractivity (Wildman–Crippen MR) is 65.8 cm³/mol. The van der Waals surface area contributed by atoms with E-state index in [0.29, 0.717) is 5.56 Å². The zero-order valence-corrected chi connectivity index (χ0v) is 11.3. The van der Waals surface area contributed by atoms with Crippen molar-refractivity contribution < 1.29 is 8.42 Å². The summed E-state index contributed by atoms with van der Waals surface area (Å²) in [6.45, 7) is 4.09. The maximum Gasteiger partial charge on any atom is 0.260 e. The van der Waals surface area contributed by atoms with Gasteiger partial charge in [0.25, 0.3) is 10.0 Å². The van der Waals surface area contributed by atoms with Gasteiger partial charge < -0.3 is 5.73 Å². The molecule has 0 spiro atoms. The van der Waals surface area contributed by atoms with E-state index in [4.69, 9.17) is 5.73 Å². The molecule has 0 saturated carbocycles. The minimum absolute atomic E-state index is 0.00563. The number of rotatable bonds is 6. The van der Waals surface area contributed by atoms with Crippen molar-refractivity contribution in [2.45, 2.75) is 44.3 Å².